The normalized spacial score (nSPS) is 13.2. The Labute approximate surface area is 152 Å². The lowest BCUT2D eigenvalue weighted by molar-refractivity contribution is -0.764. The lowest BCUT2D eigenvalue weighted by Gasteiger charge is -2.08. The maximum atomic E-state index is 4.39. The van der Waals surface area contributed by atoms with E-state index >= 15 is 0 Å². The van der Waals surface area contributed by atoms with Crippen LogP contribution in [0.2, 0.25) is 0 Å². The van der Waals surface area contributed by atoms with Gasteiger partial charge in [-0.1, -0.05) is 52.3 Å². The molecule has 4 aromatic rings. The van der Waals surface area contributed by atoms with Gasteiger partial charge in [0, 0.05) is 23.3 Å². The van der Waals surface area contributed by atoms with E-state index in [1.165, 1.54) is 16.8 Å². The van der Waals surface area contributed by atoms with Crippen molar-refractivity contribution in [3.05, 3.63) is 103 Å². The third-order valence-corrected chi connectivity index (χ3v) is 5.01. The van der Waals surface area contributed by atoms with Crippen molar-refractivity contribution >= 4 is 5.57 Å². The number of hydrogen-bond acceptors (Lipinski definition) is 0. The minimum absolute atomic E-state index is 0.927. The van der Waals surface area contributed by atoms with Crippen LogP contribution in [0.3, 0.4) is 0 Å². The number of hydrogen-bond donors (Lipinski definition) is 0. The number of aromatic nitrogens is 4. The van der Waals surface area contributed by atoms with E-state index in [2.05, 4.69) is 111 Å². The molecule has 0 unspecified atom stereocenters. The molecule has 26 heavy (non-hydrogen) atoms. The molecule has 4 nitrogen and oxygen atoms in total. The molecular formula is C22H20N4+2. The first kappa shape index (κ1) is 14.9. The maximum Gasteiger partial charge on any atom is 0.189 e. The van der Waals surface area contributed by atoms with Crippen molar-refractivity contribution in [1.82, 2.24) is 9.58 Å². The van der Waals surface area contributed by atoms with E-state index < -0.39 is 0 Å². The van der Waals surface area contributed by atoms with Crippen molar-refractivity contribution in [2.24, 2.45) is 0 Å². The molecule has 0 aliphatic carbocycles. The minimum Gasteiger partial charge on any atom is -0.0951 e. The molecule has 0 saturated heterocycles. The summed E-state index contributed by atoms with van der Waals surface area (Å²) in [5.74, 6) is 0. The molecule has 0 fully saturated rings. The Morgan fingerprint density at radius 2 is 1.31 bits per heavy atom. The second kappa shape index (κ2) is 5.85. The number of benzene rings is 2. The van der Waals surface area contributed by atoms with Crippen LogP contribution in [0.25, 0.3) is 16.9 Å². The van der Waals surface area contributed by atoms with Crippen molar-refractivity contribution in [3.63, 3.8) is 0 Å². The first-order chi connectivity index (χ1) is 12.8. The molecule has 0 spiro atoms. The predicted octanol–water partition coefficient (Wildman–Crippen LogP) is 3.11. The molecule has 4 heteroatoms. The molecule has 0 saturated carbocycles. The molecule has 0 N–H and O–H groups in total. The fraction of sp³-hybridized carbons (Fsp3) is 0.0909. The van der Waals surface area contributed by atoms with Gasteiger partial charge in [-0.05, 0) is 30.5 Å². The molecule has 2 aromatic carbocycles. The summed E-state index contributed by atoms with van der Waals surface area (Å²) in [6.07, 6.45) is 10.2. The van der Waals surface area contributed by atoms with Gasteiger partial charge in [-0.15, -0.1) is 0 Å². The molecule has 3 heterocycles. The predicted molar refractivity (Wildman–Crippen MR) is 100 cm³/mol. The Hall–Kier alpha value is -3.40. The van der Waals surface area contributed by atoms with Gasteiger partial charge < -0.3 is 0 Å². The van der Waals surface area contributed by atoms with Crippen LogP contribution in [0, 0.1) is 0 Å². The minimum atomic E-state index is 0.927. The highest BCUT2D eigenvalue weighted by molar-refractivity contribution is 5.69. The van der Waals surface area contributed by atoms with E-state index in [0.717, 1.165) is 24.1 Å². The van der Waals surface area contributed by atoms with Gasteiger partial charge in [0.05, 0.1) is 9.58 Å². The van der Waals surface area contributed by atoms with Gasteiger partial charge >= 0.3 is 0 Å². The lowest BCUT2D eigenvalue weighted by Crippen LogP contribution is -2.52. The number of fused-ring (bicyclic) bond motifs is 7. The third kappa shape index (κ3) is 2.23. The van der Waals surface area contributed by atoms with E-state index in [-0.39, 0.29) is 0 Å². The highest BCUT2D eigenvalue weighted by Gasteiger charge is 2.27. The monoisotopic (exact) mass is 340 g/mol. The topological polar surface area (TPSA) is 17.6 Å². The van der Waals surface area contributed by atoms with Crippen LogP contribution in [0.15, 0.2) is 92.0 Å². The van der Waals surface area contributed by atoms with Gasteiger partial charge in [-0.25, -0.2) is 0 Å². The van der Waals surface area contributed by atoms with Gasteiger partial charge in [0.1, 0.15) is 12.4 Å². The number of allylic oxidation sites excluding steroid dienone is 1. The molecule has 0 atom stereocenters. The Morgan fingerprint density at radius 1 is 0.692 bits per heavy atom. The third-order valence-electron chi connectivity index (χ3n) is 5.01. The molecule has 2 aromatic heterocycles. The molecular weight excluding hydrogens is 320 g/mol. The Morgan fingerprint density at radius 3 is 2.08 bits per heavy atom. The van der Waals surface area contributed by atoms with E-state index in [0.29, 0.717) is 0 Å². The summed E-state index contributed by atoms with van der Waals surface area (Å²) in [5, 5.41) is 0. The molecule has 1 aliphatic heterocycles. The number of nitrogens with zero attached hydrogens (tertiary/aromatic N) is 4. The number of para-hydroxylation sites is 2. The second-order valence-electron chi connectivity index (χ2n) is 6.56. The van der Waals surface area contributed by atoms with Crippen LogP contribution in [-0.2, 0) is 6.42 Å². The van der Waals surface area contributed by atoms with Crippen molar-refractivity contribution in [2.45, 2.75) is 12.8 Å². The Kier molecular flexibility index (Phi) is 3.35. The maximum absolute atomic E-state index is 4.39. The van der Waals surface area contributed by atoms with E-state index in [1.54, 1.807) is 0 Å². The summed E-state index contributed by atoms with van der Waals surface area (Å²) in [6, 6.07) is 21.2. The number of aryl methyl sites for hydroxylation is 1. The molecule has 0 bridgehead atoms. The first-order valence-corrected chi connectivity index (χ1v) is 8.88. The zero-order chi connectivity index (χ0) is 17.5. The van der Waals surface area contributed by atoms with Crippen LogP contribution in [0.5, 0.6) is 0 Å². The lowest BCUT2D eigenvalue weighted by atomic mass is 9.97. The second-order valence-corrected chi connectivity index (χ2v) is 6.56. The van der Waals surface area contributed by atoms with Crippen LogP contribution in [0.1, 0.15) is 17.5 Å². The molecule has 0 amide bonds. The molecule has 5 rings (SSSR count). The summed E-state index contributed by atoms with van der Waals surface area (Å²) in [7, 11) is 0. The first-order valence-electron chi connectivity index (χ1n) is 8.88. The van der Waals surface area contributed by atoms with Crippen molar-refractivity contribution < 1.29 is 9.36 Å². The van der Waals surface area contributed by atoms with Gasteiger partial charge in [-0.2, -0.15) is 0 Å². The average molecular weight is 340 g/mol. The SMILES string of the molecule is C=C1CCc2ccccc2-[n+]2cccn2-n2ccc[n+]2-c2ccccc21. The smallest absolute Gasteiger partial charge is 0.0951 e. The highest BCUT2D eigenvalue weighted by Crippen LogP contribution is 2.24. The van der Waals surface area contributed by atoms with Gasteiger partial charge in [0.2, 0.25) is 0 Å². The molecule has 126 valence electrons. The van der Waals surface area contributed by atoms with Gasteiger partial charge in [-0.3, -0.25) is 0 Å². The summed E-state index contributed by atoms with van der Waals surface area (Å²) in [6.45, 7) is 4.39. The van der Waals surface area contributed by atoms with Crippen molar-refractivity contribution in [2.75, 3.05) is 0 Å². The van der Waals surface area contributed by atoms with Crippen molar-refractivity contribution in [3.8, 4) is 11.4 Å². The zero-order valence-electron chi connectivity index (χ0n) is 14.5. The quantitative estimate of drug-likeness (QED) is 0.438. The van der Waals surface area contributed by atoms with Gasteiger partial charge in [0.15, 0.2) is 23.8 Å². The molecule has 0 radical (unpaired) electrons. The van der Waals surface area contributed by atoms with Gasteiger partial charge in [0.25, 0.3) is 0 Å². The van der Waals surface area contributed by atoms with Crippen molar-refractivity contribution in [1.29, 1.82) is 0 Å². The standard InChI is InChI=1S/C22H20N4/c1-18-12-13-19-8-2-4-10-21(19)23-14-6-16-25(23)26-17-7-15-24(26)22-11-5-3-9-20(18)22/h2-11,14-17H,1,12-13H2/q+2. The summed E-state index contributed by atoms with van der Waals surface area (Å²) in [4.78, 5) is 4.22. The van der Waals surface area contributed by atoms with Crippen LogP contribution in [-0.4, -0.2) is 9.58 Å². The summed E-state index contributed by atoms with van der Waals surface area (Å²) in [5.41, 5.74) is 5.99. The Balaban J connectivity index is 1.84. The summed E-state index contributed by atoms with van der Waals surface area (Å²) < 4.78 is 4.34. The van der Waals surface area contributed by atoms with E-state index in [9.17, 15) is 0 Å². The van der Waals surface area contributed by atoms with Crippen LogP contribution in [0.4, 0.5) is 0 Å². The van der Waals surface area contributed by atoms with Crippen LogP contribution >= 0.6 is 0 Å². The number of rotatable bonds is 0. The fourth-order valence-corrected chi connectivity index (χ4v) is 3.73. The van der Waals surface area contributed by atoms with E-state index in [1.807, 2.05) is 0 Å². The fourth-order valence-electron chi connectivity index (χ4n) is 3.73. The average Bonchev–Trinajstić information content (AvgIpc) is 3.34. The Bertz CT molecular complexity index is 1120. The zero-order valence-corrected chi connectivity index (χ0v) is 14.5. The molecule has 1 aliphatic rings. The largest absolute Gasteiger partial charge is 0.189 e. The van der Waals surface area contributed by atoms with E-state index in [4.69, 9.17) is 0 Å². The highest BCUT2D eigenvalue weighted by atomic mass is 15.7. The van der Waals surface area contributed by atoms with Crippen LogP contribution < -0.4 is 9.36 Å². The summed E-state index contributed by atoms with van der Waals surface area (Å²) >= 11 is 0.